The van der Waals surface area contributed by atoms with E-state index < -0.39 is 11.9 Å². The molecule has 0 unspecified atom stereocenters. The maximum absolute atomic E-state index is 13.7. The summed E-state index contributed by atoms with van der Waals surface area (Å²) in [6, 6.07) is 8.01. The van der Waals surface area contributed by atoms with Gasteiger partial charge in [0, 0.05) is 18.3 Å². The van der Waals surface area contributed by atoms with Gasteiger partial charge in [0.1, 0.15) is 16.9 Å². The molecule has 0 bridgehead atoms. The maximum Gasteiger partial charge on any atom is 0.341 e. The van der Waals surface area contributed by atoms with Crippen LogP contribution in [0.4, 0.5) is 0 Å². The Morgan fingerprint density at radius 2 is 1.68 bits per heavy atom. The van der Waals surface area contributed by atoms with Crippen molar-refractivity contribution >= 4 is 28.6 Å². The van der Waals surface area contributed by atoms with Gasteiger partial charge in [-0.3, -0.25) is 14.0 Å². The average molecular weight is 563 g/mol. The number of carbonyl (C=O) groups excluding carboxylic acids is 2. The van der Waals surface area contributed by atoms with E-state index in [4.69, 9.17) is 23.9 Å². The number of fused-ring (bicyclic) bond motifs is 2. The number of esters is 1. The Labute approximate surface area is 237 Å². The van der Waals surface area contributed by atoms with Gasteiger partial charge < -0.3 is 23.5 Å². The quantitative estimate of drug-likeness (QED) is 0.161. The van der Waals surface area contributed by atoms with E-state index in [2.05, 4.69) is 11.9 Å². The minimum absolute atomic E-state index is 0.0110. The van der Waals surface area contributed by atoms with Crippen molar-refractivity contribution in [1.29, 1.82) is 0 Å². The molecule has 0 aliphatic carbocycles. The Balaban J connectivity index is 2.10. The summed E-state index contributed by atoms with van der Waals surface area (Å²) < 4.78 is 24.6. The number of hydrogen-bond acceptors (Lipinski definition) is 8. The second kappa shape index (κ2) is 12.7. The van der Waals surface area contributed by atoms with Gasteiger partial charge in [0.25, 0.3) is 11.5 Å². The molecule has 216 valence electrons. The highest BCUT2D eigenvalue weighted by Crippen LogP contribution is 2.38. The molecule has 3 heterocycles. The summed E-state index contributed by atoms with van der Waals surface area (Å²) in [5.74, 6) is -0.481. The third kappa shape index (κ3) is 5.65. The fourth-order valence-corrected chi connectivity index (χ4v) is 4.66. The van der Waals surface area contributed by atoms with Crippen LogP contribution in [0.15, 0.2) is 46.3 Å². The molecule has 0 saturated heterocycles. The van der Waals surface area contributed by atoms with E-state index in [1.165, 1.54) is 43.9 Å². The van der Waals surface area contributed by atoms with Crippen LogP contribution in [-0.2, 0) is 11.3 Å². The van der Waals surface area contributed by atoms with E-state index >= 15 is 0 Å². The van der Waals surface area contributed by atoms with Crippen LogP contribution in [0.25, 0.3) is 16.7 Å². The van der Waals surface area contributed by atoms with Crippen molar-refractivity contribution in [2.45, 2.75) is 46.6 Å². The van der Waals surface area contributed by atoms with Gasteiger partial charge >= 0.3 is 5.97 Å². The number of benzene rings is 1. The minimum atomic E-state index is -0.705. The van der Waals surface area contributed by atoms with Crippen molar-refractivity contribution in [3.05, 3.63) is 69.1 Å². The van der Waals surface area contributed by atoms with Crippen LogP contribution in [0, 0.1) is 6.92 Å². The van der Waals surface area contributed by atoms with E-state index in [9.17, 15) is 14.4 Å². The lowest BCUT2D eigenvalue weighted by atomic mass is 10.1. The summed E-state index contributed by atoms with van der Waals surface area (Å²) in [7, 11) is 4.36. The normalized spacial score (nSPS) is 11.6. The van der Waals surface area contributed by atoms with Gasteiger partial charge in [-0.1, -0.05) is 25.8 Å². The Hall–Kier alpha value is -4.67. The maximum atomic E-state index is 13.7. The molecule has 4 aromatic rings. The first-order valence-corrected chi connectivity index (χ1v) is 13.4. The number of carbonyl (C=O) groups is 2. The molecule has 4 rings (SSSR count). The molecule has 41 heavy (non-hydrogen) atoms. The lowest BCUT2D eigenvalue weighted by molar-refractivity contribution is 0.0523. The first-order valence-electron chi connectivity index (χ1n) is 13.4. The van der Waals surface area contributed by atoms with Gasteiger partial charge in [0.15, 0.2) is 17.0 Å². The second-order valence-electron chi connectivity index (χ2n) is 9.33. The van der Waals surface area contributed by atoms with Crippen molar-refractivity contribution in [1.82, 2.24) is 14.0 Å². The standard InChI is InChI=1S/C30H34N4O7/c1-7-9-10-13-33-26-20(29(36)34-14-11-12-18(3)25(34)31-26)17-21(30(37)41-8-2)27(33)32-28(35)19-15-22(38-4)24(40-6)23(16-19)39-5/h11-12,14-17H,7-10,13H2,1-6H3. The van der Waals surface area contributed by atoms with Crippen molar-refractivity contribution in [2.24, 2.45) is 4.99 Å². The summed E-state index contributed by atoms with van der Waals surface area (Å²) in [6.07, 6.45) is 4.15. The van der Waals surface area contributed by atoms with E-state index in [1.54, 1.807) is 23.8 Å². The zero-order valence-corrected chi connectivity index (χ0v) is 24.1. The number of aryl methyl sites for hydroxylation is 2. The van der Waals surface area contributed by atoms with Crippen LogP contribution in [0.3, 0.4) is 0 Å². The Morgan fingerprint density at radius 1 is 0.976 bits per heavy atom. The van der Waals surface area contributed by atoms with Gasteiger partial charge in [-0.15, -0.1) is 0 Å². The van der Waals surface area contributed by atoms with E-state index in [0.717, 1.165) is 18.4 Å². The van der Waals surface area contributed by atoms with Gasteiger partial charge in [-0.05, 0) is 50.1 Å². The van der Waals surface area contributed by atoms with Crippen LogP contribution in [0.5, 0.6) is 17.2 Å². The number of hydrogen-bond donors (Lipinski definition) is 0. The number of rotatable bonds is 10. The molecule has 11 nitrogen and oxygen atoms in total. The molecule has 0 aliphatic rings. The van der Waals surface area contributed by atoms with Crippen LogP contribution in [0.2, 0.25) is 0 Å². The molecular weight excluding hydrogens is 528 g/mol. The van der Waals surface area contributed by atoms with Crippen molar-refractivity contribution < 1.29 is 28.5 Å². The number of pyridine rings is 2. The lowest BCUT2D eigenvalue weighted by Crippen LogP contribution is -2.33. The lowest BCUT2D eigenvalue weighted by Gasteiger charge is -2.16. The minimum Gasteiger partial charge on any atom is -0.493 e. The van der Waals surface area contributed by atoms with Crippen molar-refractivity contribution in [2.75, 3.05) is 27.9 Å². The molecule has 0 aliphatic heterocycles. The highest BCUT2D eigenvalue weighted by Gasteiger charge is 2.22. The van der Waals surface area contributed by atoms with E-state index in [1.807, 2.05) is 13.0 Å². The highest BCUT2D eigenvalue weighted by atomic mass is 16.5. The molecule has 0 spiro atoms. The Morgan fingerprint density at radius 3 is 2.29 bits per heavy atom. The van der Waals surface area contributed by atoms with Crippen LogP contribution < -0.4 is 25.3 Å². The van der Waals surface area contributed by atoms with Gasteiger partial charge in [-0.25, -0.2) is 9.78 Å². The zero-order valence-electron chi connectivity index (χ0n) is 24.1. The molecule has 1 amide bonds. The predicted octanol–water partition coefficient (Wildman–Crippen LogP) is 4.09. The van der Waals surface area contributed by atoms with Crippen LogP contribution in [0.1, 0.15) is 59.4 Å². The fraction of sp³-hybridized carbons (Fsp3) is 0.367. The molecule has 0 fully saturated rings. The van der Waals surface area contributed by atoms with Crippen molar-refractivity contribution in [3.8, 4) is 17.2 Å². The molecular formula is C30H34N4O7. The van der Waals surface area contributed by atoms with Gasteiger partial charge in [-0.2, -0.15) is 4.99 Å². The molecule has 0 N–H and O–H groups in total. The number of nitrogens with zero attached hydrogens (tertiary/aromatic N) is 4. The molecule has 0 saturated carbocycles. The number of unbranched alkanes of at least 4 members (excludes halogenated alkanes) is 2. The fourth-order valence-electron chi connectivity index (χ4n) is 4.66. The summed E-state index contributed by atoms with van der Waals surface area (Å²) in [5, 5.41) is 0.215. The Kier molecular flexibility index (Phi) is 9.06. The number of amides is 1. The molecule has 1 aromatic carbocycles. The van der Waals surface area contributed by atoms with Crippen LogP contribution >= 0.6 is 0 Å². The Bertz CT molecular complexity index is 1730. The smallest absolute Gasteiger partial charge is 0.341 e. The van der Waals surface area contributed by atoms with Gasteiger partial charge in [0.05, 0.1) is 33.3 Å². The number of methoxy groups -OCH3 is 3. The molecule has 3 aromatic heterocycles. The predicted molar refractivity (Wildman–Crippen MR) is 153 cm³/mol. The summed E-state index contributed by atoms with van der Waals surface area (Å²) in [6.45, 7) is 6.08. The topological polar surface area (TPSA) is 123 Å². The SMILES string of the molecule is CCCCCn1c(=NC(=O)c2cc(OC)c(OC)c(OC)c2)c(C(=O)OCC)cc2c(=O)n3cccc(C)c3nc21. The third-order valence-corrected chi connectivity index (χ3v) is 6.70. The summed E-state index contributed by atoms with van der Waals surface area (Å²) in [4.78, 5) is 49.8. The largest absolute Gasteiger partial charge is 0.493 e. The number of ether oxygens (including phenoxy) is 4. The molecule has 0 radical (unpaired) electrons. The highest BCUT2D eigenvalue weighted by molar-refractivity contribution is 5.98. The van der Waals surface area contributed by atoms with E-state index in [0.29, 0.717) is 30.0 Å². The molecule has 11 heteroatoms. The summed E-state index contributed by atoms with van der Waals surface area (Å²) >= 11 is 0. The second-order valence-corrected chi connectivity index (χ2v) is 9.33. The van der Waals surface area contributed by atoms with Crippen LogP contribution in [-0.4, -0.2) is 53.8 Å². The molecule has 0 atom stereocenters. The summed E-state index contributed by atoms with van der Waals surface area (Å²) in [5.41, 5.74) is 1.44. The monoisotopic (exact) mass is 562 g/mol. The zero-order chi connectivity index (χ0) is 29.7. The third-order valence-electron chi connectivity index (χ3n) is 6.70. The van der Waals surface area contributed by atoms with Gasteiger partial charge in [0.2, 0.25) is 5.75 Å². The van der Waals surface area contributed by atoms with Crippen molar-refractivity contribution in [3.63, 3.8) is 0 Å². The first kappa shape index (κ1) is 29.3. The van der Waals surface area contributed by atoms with E-state index in [-0.39, 0.29) is 45.7 Å². The average Bonchev–Trinajstić information content (AvgIpc) is 2.97. The number of aromatic nitrogens is 3. The first-order chi connectivity index (χ1) is 19.8.